The van der Waals surface area contributed by atoms with Crippen molar-refractivity contribution in [1.29, 1.82) is 0 Å². The molecule has 1 amide bonds. The summed E-state index contributed by atoms with van der Waals surface area (Å²) >= 11 is 0. The molecule has 23 heavy (non-hydrogen) atoms. The van der Waals surface area contributed by atoms with E-state index in [-0.39, 0.29) is 24.3 Å². The first-order chi connectivity index (χ1) is 11.0. The highest BCUT2D eigenvalue weighted by Crippen LogP contribution is 2.19. The van der Waals surface area contributed by atoms with Crippen molar-refractivity contribution in [2.45, 2.75) is 26.5 Å². The number of hydrogen-bond donors (Lipinski definition) is 1. The molecule has 1 N–H and O–H groups in total. The Morgan fingerprint density at radius 1 is 1.39 bits per heavy atom. The molecule has 0 unspecified atom stereocenters. The Balaban J connectivity index is 1.89. The summed E-state index contributed by atoms with van der Waals surface area (Å²) in [6.45, 7) is 3.92. The molecule has 0 aliphatic heterocycles. The molecule has 1 aromatic carbocycles. The van der Waals surface area contributed by atoms with Crippen molar-refractivity contribution in [3.63, 3.8) is 0 Å². The number of amides is 1. The van der Waals surface area contributed by atoms with Crippen LogP contribution in [0, 0.1) is 5.82 Å². The number of carbonyl (C=O) groups is 1. The summed E-state index contributed by atoms with van der Waals surface area (Å²) in [5.74, 6) is -0.473. The van der Waals surface area contributed by atoms with Crippen molar-refractivity contribution >= 4 is 12.0 Å². The second-order valence-electron chi connectivity index (χ2n) is 5.27. The zero-order valence-corrected chi connectivity index (χ0v) is 13.1. The van der Waals surface area contributed by atoms with Crippen molar-refractivity contribution < 1.29 is 13.9 Å². The maximum Gasteiger partial charge on any atom is 0.244 e. The predicted molar refractivity (Wildman–Crippen MR) is 87.3 cm³/mol. The van der Waals surface area contributed by atoms with Crippen LogP contribution in [0.5, 0.6) is 5.75 Å². The van der Waals surface area contributed by atoms with E-state index >= 15 is 0 Å². The third kappa shape index (κ3) is 5.54. The molecule has 0 bridgehead atoms. The highest BCUT2D eigenvalue weighted by atomic mass is 19.1. The molecule has 0 atom stereocenters. The molecule has 2 rings (SSSR count). The molecule has 1 aromatic heterocycles. The Hall–Kier alpha value is -2.69. The van der Waals surface area contributed by atoms with Gasteiger partial charge in [0.15, 0.2) is 11.6 Å². The normalized spacial score (nSPS) is 11.0. The van der Waals surface area contributed by atoms with Crippen LogP contribution in [-0.4, -0.2) is 17.0 Å². The van der Waals surface area contributed by atoms with Gasteiger partial charge in [-0.1, -0.05) is 12.1 Å². The lowest BCUT2D eigenvalue weighted by atomic mass is 10.2. The maximum atomic E-state index is 13.8. The van der Waals surface area contributed by atoms with Crippen LogP contribution in [0.1, 0.15) is 25.0 Å². The average molecular weight is 314 g/mol. The molecule has 0 aliphatic rings. The van der Waals surface area contributed by atoms with E-state index in [4.69, 9.17) is 4.74 Å². The number of carbonyl (C=O) groups excluding carboxylic acids is 1. The Morgan fingerprint density at radius 2 is 2.22 bits per heavy atom. The van der Waals surface area contributed by atoms with Crippen LogP contribution < -0.4 is 10.1 Å². The van der Waals surface area contributed by atoms with Gasteiger partial charge in [-0.3, -0.25) is 9.78 Å². The van der Waals surface area contributed by atoms with Crippen LogP contribution in [0.25, 0.3) is 6.08 Å². The second kappa shape index (κ2) is 8.08. The van der Waals surface area contributed by atoms with Crippen LogP contribution in [0.3, 0.4) is 0 Å². The van der Waals surface area contributed by atoms with Gasteiger partial charge in [-0.2, -0.15) is 0 Å². The van der Waals surface area contributed by atoms with Gasteiger partial charge in [0.1, 0.15) is 0 Å². The standard InChI is InChI=1S/C18H19FN2O2/c1-13(2)23-17-7-5-15(10-16(17)19)12-21-18(22)8-6-14-4-3-9-20-11-14/h3-11,13H,12H2,1-2H3,(H,21,22)/b8-6+. The number of aromatic nitrogens is 1. The van der Waals surface area contributed by atoms with Crippen molar-refractivity contribution in [3.8, 4) is 5.75 Å². The number of hydrogen-bond acceptors (Lipinski definition) is 3. The summed E-state index contributed by atoms with van der Waals surface area (Å²) in [4.78, 5) is 15.7. The first-order valence-electron chi connectivity index (χ1n) is 7.35. The van der Waals surface area contributed by atoms with Gasteiger partial charge >= 0.3 is 0 Å². The molecule has 0 fully saturated rings. The molecule has 4 nitrogen and oxygen atoms in total. The van der Waals surface area contributed by atoms with Gasteiger partial charge in [0.2, 0.25) is 5.91 Å². The van der Waals surface area contributed by atoms with E-state index in [9.17, 15) is 9.18 Å². The summed E-state index contributed by atoms with van der Waals surface area (Å²) in [6, 6.07) is 8.30. The van der Waals surface area contributed by atoms with Crippen LogP contribution in [-0.2, 0) is 11.3 Å². The lowest BCUT2D eigenvalue weighted by Gasteiger charge is -2.11. The van der Waals surface area contributed by atoms with Gasteiger partial charge in [0, 0.05) is 25.0 Å². The second-order valence-corrected chi connectivity index (χ2v) is 5.27. The summed E-state index contributed by atoms with van der Waals surface area (Å²) in [5, 5.41) is 2.70. The molecule has 5 heteroatoms. The third-order valence-electron chi connectivity index (χ3n) is 2.94. The lowest BCUT2D eigenvalue weighted by molar-refractivity contribution is -0.116. The smallest absolute Gasteiger partial charge is 0.244 e. The van der Waals surface area contributed by atoms with E-state index < -0.39 is 5.82 Å². The number of pyridine rings is 1. The van der Waals surface area contributed by atoms with E-state index in [0.29, 0.717) is 5.56 Å². The molecular formula is C18H19FN2O2. The topological polar surface area (TPSA) is 51.2 Å². The van der Waals surface area contributed by atoms with Crippen LogP contribution >= 0.6 is 0 Å². The van der Waals surface area contributed by atoms with E-state index in [2.05, 4.69) is 10.3 Å². The van der Waals surface area contributed by atoms with Gasteiger partial charge in [-0.15, -0.1) is 0 Å². The number of nitrogens with one attached hydrogen (secondary N) is 1. The molecular weight excluding hydrogens is 295 g/mol. The number of rotatable bonds is 6. The first kappa shape index (κ1) is 16.7. The van der Waals surface area contributed by atoms with Crippen molar-refractivity contribution in [2.24, 2.45) is 0 Å². The fourth-order valence-corrected chi connectivity index (χ4v) is 1.90. The van der Waals surface area contributed by atoms with Crippen LogP contribution in [0.15, 0.2) is 48.8 Å². The summed E-state index contributed by atoms with van der Waals surface area (Å²) < 4.78 is 19.2. The Bertz CT molecular complexity index is 685. The van der Waals surface area contributed by atoms with E-state index in [1.807, 2.05) is 19.9 Å². The number of halogens is 1. The van der Waals surface area contributed by atoms with E-state index in [0.717, 1.165) is 5.56 Å². The minimum absolute atomic E-state index is 0.0901. The molecule has 2 aromatic rings. The molecule has 0 aliphatic carbocycles. The number of benzene rings is 1. The monoisotopic (exact) mass is 314 g/mol. The van der Waals surface area contributed by atoms with E-state index in [1.54, 1.807) is 36.7 Å². The summed E-state index contributed by atoms with van der Waals surface area (Å²) in [6.07, 6.45) is 6.32. The molecule has 0 spiro atoms. The fourth-order valence-electron chi connectivity index (χ4n) is 1.90. The highest BCUT2D eigenvalue weighted by Gasteiger charge is 2.07. The molecule has 120 valence electrons. The molecule has 1 heterocycles. The van der Waals surface area contributed by atoms with Crippen LogP contribution in [0.2, 0.25) is 0 Å². The van der Waals surface area contributed by atoms with Gasteiger partial charge in [0.25, 0.3) is 0 Å². The average Bonchev–Trinajstić information content (AvgIpc) is 2.54. The zero-order valence-electron chi connectivity index (χ0n) is 13.1. The Labute approximate surface area is 135 Å². The fraction of sp³-hybridized carbons (Fsp3) is 0.222. The Kier molecular flexibility index (Phi) is 5.86. The van der Waals surface area contributed by atoms with Gasteiger partial charge in [-0.05, 0) is 49.2 Å². The minimum Gasteiger partial charge on any atom is -0.488 e. The molecule has 0 saturated carbocycles. The minimum atomic E-state index is -0.434. The number of ether oxygens (including phenoxy) is 1. The summed E-state index contributed by atoms with van der Waals surface area (Å²) in [5.41, 5.74) is 1.51. The lowest BCUT2D eigenvalue weighted by Crippen LogP contribution is -2.20. The quantitative estimate of drug-likeness (QED) is 0.832. The largest absolute Gasteiger partial charge is 0.488 e. The summed E-state index contributed by atoms with van der Waals surface area (Å²) in [7, 11) is 0. The van der Waals surface area contributed by atoms with Gasteiger partial charge in [-0.25, -0.2) is 4.39 Å². The van der Waals surface area contributed by atoms with Crippen molar-refractivity contribution in [1.82, 2.24) is 10.3 Å². The maximum absolute atomic E-state index is 13.8. The van der Waals surface area contributed by atoms with Crippen molar-refractivity contribution in [2.75, 3.05) is 0 Å². The molecule has 0 saturated heterocycles. The van der Waals surface area contributed by atoms with Crippen LogP contribution in [0.4, 0.5) is 4.39 Å². The molecule has 0 radical (unpaired) electrons. The number of nitrogens with zero attached hydrogens (tertiary/aromatic N) is 1. The first-order valence-corrected chi connectivity index (χ1v) is 7.35. The van der Waals surface area contributed by atoms with Gasteiger partial charge in [0.05, 0.1) is 6.10 Å². The van der Waals surface area contributed by atoms with Gasteiger partial charge < -0.3 is 10.1 Å². The van der Waals surface area contributed by atoms with Crippen molar-refractivity contribution in [3.05, 3.63) is 65.7 Å². The third-order valence-corrected chi connectivity index (χ3v) is 2.94. The predicted octanol–water partition coefficient (Wildman–Crippen LogP) is 3.34. The highest BCUT2D eigenvalue weighted by molar-refractivity contribution is 5.91. The SMILES string of the molecule is CC(C)Oc1ccc(CNC(=O)/C=C/c2cccnc2)cc1F. The Morgan fingerprint density at radius 3 is 2.87 bits per heavy atom. The van der Waals surface area contributed by atoms with E-state index in [1.165, 1.54) is 12.1 Å². The zero-order chi connectivity index (χ0) is 16.7.